The molecule has 37 heavy (non-hydrogen) atoms. The number of pyridine rings is 1. The second-order valence-corrected chi connectivity index (χ2v) is 9.48. The van der Waals surface area contributed by atoms with Gasteiger partial charge in [0, 0.05) is 17.4 Å². The Hall–Kier alpha value is -4.22. The number of likely N-dealkylation sites (tertiary alicyclic amines) is 1. The van der Waals surface area contributed by atoms with Gasteiger partial charge in [0.2, 0.25) is 17.8 Å². The van der Waals surface area contributed by atoms with Crippen LogP contribution in [0.25, 0.3) is 10.9 Å². The average Bonchev–Trinajstić information content (AvgIpc) is 3.62. The third-order valence-electron chi connectivity index (χ3n) is 6.58. The second-order valence-electron chi connectivity index (χ2n) is 9.48. The molecule has 0 saturated carbocycles. The van der Waals surface area contributed by atoms with Crippen LogP contribution in [0, 0.1) is 5.95 Å². The van der Waals surface area contributed by atoms with Crippen LogP contribution in [-0.4, -0.2) is 66.1 Å². The summed E-state index contributed by atoms with van der Waals surface area (Å²) in [5, 5.41) is 20.5. The van der Waals surface area contributed by atoms with Crippen LogP contribution in [-0.2, 0) is 16.0 Å². The van der Waals surface area contributed by atoms with E-state index in [1.807, 2.05) is 19.9 Å². The Balaban J connectivity index is 1.45. The monoisotopic (exact) mass is 508 g/mol. The number of hydrogen-bond donors (Lipinski definition) is 3. The number of rotatable bonds is 7. The van der Waals surface area contributed by atoms with Gasteiger partial charge in [-0.15, -0.1) is 5.10 Å². The molecule has 1 aliphatic rings. The molecule has 3 aromatic heterocycles. The Morgan fingerprint density at radius 1 is 1.19 bits per heavy atom. The van der Waals surface area contributed by atoms with E-state index in [0.29, 0.717) is 16.8 Å². The summed E-state index contributed by atoms with van der Waals surface area (Å²) in [4.78, 5) is 31.8. The van der Waals surface area contributed by atoms with E-state index in [4.69, 9.17) is 0 Å². The van der Waals surface area contributed by atoms with E-state index < -0.39 is 36.0 Å². The van der Waals surface area contributed by atoms with Crippen LogP contribution in [0.4, 0.5) is 8.78 Å². The SMILES string of the molecule is CC(C)c1ccc(C(NC(=O)C2CC(F)CN2C(=O)Cc2cnn[nH]2)c2ccc3cn[nH]c3c2)nc1F. The summed E-state index contributed by atoms with van der Waals surface area (Å²) in [6.45, 7) is 3.53. The van der Waals surface area contributed by atoms with Crippen molar-refractivity contribution in [2.45, 2.75) is 50.9 Å². The number of aromatic amines is 2. The van der Waals surface area contributed by atoms with Gasteiger partial charge < -0.3 is 10.2 Å². The van der Waals surface area contributed by atoms with Gasteiger partial charge in [0.15, 0.2) is 0 Å². The van der Waals surface area contributed by atoms with E-state index in [2.05, 4.69) is 35.9 Å². The first-order chi connectivity index (χ1) is 17.8. The zero-order chi connectivity index (χ0) is 26.1. The standard InChI is InChI=1S/C25H26F2N8O2/c1-13(2)18-5-6-19(30-24(18)27)23(14-3-4-15-10-28-33-20(15)7-14)31-25(37)21-8-16(26)12-35(21)22(36)9-17-11-29-34-32-17/h3-7,10-11,13,16,21,23H,8-9,12H2,1-2H3,(H,28,33)(H,31,37)(H,29,32,34). The first-order valence-electron chi connectivity index (χ1n) is 12.0. The topological polar surface area (TPSA) is 133 Å². The molecule has 0 aliphatic carbocycles. The number of benzene rings is 1. The summed E-state index contributed by atoms with van der Waals surface area (Å²) >= 11 is 0. The van der Waals surface area contributed by atoms with E-state index in [9.17, 15) is 18.4 Å². The van der Waals surface area contributed by atoms with Gasteiger partial charge in [0.25, 0.3) is 0 Å². The molecule has 0 radical (unpaired) electrons. The molecular formula is C25H26F2N8O2. The molecule has 1 aliphatic heterocycles. The van der Waals surface area contributed by atoms with Gasteiger partial charge in [0.05, 0.1) is 48.3 Å². The quantitative estimate of drug-likeness (QED) is 0.329. The van der Waals surface area contributed by atoms with Crippen molar-refractivity contribution in [3.05, 3.63) is 71.2 Å². The molecular weight excluding hydrogens is 482 g/mol. The molecule has 5 rings (SSSR count). The predicted octanol–water partition coefficient (Wildman–Crippen LogP) is 2.73. The van der Waals surface area contributed by atoms with Crippen LogP contribution in [0.3, 0.4) is 0 Å². The van der Waals surface area contributed by atoms with Gasteiger partial charge in [-0.1, -0.05) is 37.3 Å². The van der Waals surface area contributed by atoms with Crippen molar-refractivity contribution in [1.29, 1.82) is 0 Å². The van der Waals surface area contributed by atoms with Gasteiger partial charge in [0.1, 0.15) is 12.2 Å². The Bertz CT molecular complexity index is 1420. The fourth-order valence-electron chi connectivity index (χ4n) is 4.63. The minimum atomic E-state index is -1.35. The Morgan fingerprint density at radius 3 is 2.76 bits per heavy atom. The van der Waals surface area contributed by atoms with Crippen molar-refractivity contribution in [2.75, 3.05) is 6.54 Å². The average molecular weight is 509 g/mol. The van der Waals surface area contributed by atoms with Crippen LogP contribution in [0.15, 0.2) is 42.7 Å². The number of fused-ring (bicyclic) bond motifs is 1. The number of alkyl halides is 1. The highest BCUT2D eigenvalue weighted by atomic mass is 19.1. The highest BCUT2D eigenvalue weighted by molar-refractivity contribution is 5.89. The highest BCUT2D eigenvalue weighted by Crippen LogP contribution is 2.28. The minimum Gasteiger partial charge on any atom is -0.342 e. The Labute approximate surface area is 210 Å². The lowest BCUT2D eigenvalue weighted by atomic mass is 9.99. The molecule has 3 N–H and O–H groups in total. The molecule has 0 spiro atoms. The molecule has 2 amide bonds. The van der Waals surface area contributed by atoms with Gasteiger partial charge in [-0.3, -0.25) is 19.8 Å². The highest BCUT2D eigenvalue weighted by Gasteiger charge is 2.40. The van der Waals surface area contributed by atoms with Gasteiger partial charge >= 0.3 is 0 Å². The van der Waals surface area contributed by atoms with E-state index in [-0.39, 0.29) is 31.0 Å². The third-order valence-corrected chi connectivity index (χ3v) is 6.58. The number of nitrogens with zero attached hydrogens (tertiary/aromatic N) is 5. The molecule has 192 valence electrons. The fraction of sp³-hybridized carbons (Fsp3) is 0.360. The molecule has 10 nitrogen and oxygen atoms in total. The molecule has 0 bridgehead atoms. The predicted molar refractivity (Wildman–Crippen MR) is 129 cm³/mol. The Morgan fingerprint density at radius 2 is 2.03 bits per heavy atom. The Kier molecular flexibility index (Phi) is 6.64. The summed E-state index contributed by atoms with van der Waals surface area (Å²) in [5.41, 5.74) is 2.56. The summed E-state index contributed by atoms with van der Waals surface area (Å²) < 4.78 is 29.3. The normalized spacial score (nSPS) is 18.5. The lowest BCUT2D eigenvalue weighted by molar-refractivity contribution is -0.138. The van der Waals surface area contributed by atoms with Crippen molar-refractivity contribution in [3.63, 3.8) is 0 Å². The van der Waals surface area contributed by atoms with E-state index in [1.54, 1.807) is 30.5 Å². The number of carbonyl (C=O) groups is 2. The van der Waals surface area contributed by atoms with Gasteiger partial charge in [-0.2, -0.15) is 9.49 Å². The molecule has 4 aromatic rings. The van der Waals surface area contributed by atoms with Gasteiger partial charge in [-0.05, 0) is 23.6 Å². The third kappa shape index (κ3) is 5.04. The maximum Gasteiger partial charge on any atom is 0.243 e. The zero-order valence-corrected chi connectivity index (χ0v) is 20.3. The van der Waals surface area contributed by atoms with E-state index in [1.165, 1.54) is 11.1 Å². The number of hydrogen-bond acceptors (Lipinski definition) is 6. The maximum atomic E-state index is 14.9. The summed E-state index contributed by atoms with van der Waals surface area (Å²) in [5.74, 6) is -1.67. The molecule has 1 fully saturated rings. The van der Waals surface area contributed by atoms with Gasteiger partial charge in [-0.25, -0.2) is 9.37 Å². The summed E-state index contributed by atoms with van der Waals surface area (Å²) in [6, 6.07) is 6.86. The molecule has 1 saturated heterocycles. The summed E-state index contributed by atoms with van der Waals surface area (Å²) in [6.07, 6.45) is 1.49. The number of aromatic nitrogens is 6. The number of amides is 2. The molecule has 4 heterocycles. The molecule has 12 heteroatoms. The van der Waals surface area contributed by atoms with E-state index in [0.717, 1.165) is 10.9 Å². The van der Waals surface area contributed by atoms with E-state index >= 15 is 0 Å². The second kappa shape index (κ2) is 10.0. The van der Waals surface area contributed by atoms with Crippen LogP contribution < -0.4 is 5.32 Å². The fourth-order valence-corrected chi connectivity index (χ4v) is 4.63. The van der Waals surface area contributed by atoms with Crippen LogP contribution >= 0.6 is 0 Å². The molecule has 3 atom stereocenters. The smallest absolute Gasteiger partial charge is 0.243 e. The molecule has 3 unspecified atom stereocenters. The summed E-state index contributed by atoms with van der Waals surface area (Å²) in [7, 11) is 0. The first-order valence-corrected chi connectivity index (χ1v) is 12.0. The molecule has 1 aromatic carbocycles. The maximum absolute atomic E-state index is 14.9. The van der Waals surface area contributed by atoms with Crippen molar-refractivity contribution < 1.29 is 18.4 Å². The lowest BCUT2D eigenvalue weighted by Crippen LogP contribution is -2.47. The van der Waals surface area contributed by atoms with Crippen LogP contribution in [0.2, 0.25) is 0 Å². The van der Waals surface area contributed by atoms with Crippen molar-refractivity contribution in [3.8, 4) is 0 Å². The number of H-pyrrole nitrogens is 2. The lowest BCUT2D eigenvalue weighted by Gasteiger charge is -2.26. The minimum absolute atomic E-state index is 0.0689. The van der Waals surface area contributed by atoms with Crippen LogP contribution in [0.5, 0.6) is 0 Å². The van der Waals surface area contributed by atoms with Crippen molar-refractivity contribution in [1.82, 2.24) is 40.8 Å². The van der Waals surface area contributed by atoms with Crippen LogP contribution in [0.1, 0.15) is 54.7 Å². The van der Waals surface area contributed by atoms with Crippen molar-refractivity contribution in [2.24, 2.45) is 0 Å². The largest absolute Gasteiger partial charge is 0.342 e. The van der Waals surface area contributed by atoms with Crippen molar-refractivity contribution >= 4 is 22.7 Å². The zero-order valence-electron chi connectivity index (χ0n) is 20.3. The number of halogens is 2. The number of nitrogens with one attached hydrogen (secondary N) is 3. The first kappa shape index (κ1) is 24.5. The number of carbonyl (C=O) groups excluding carboxylic acids is 2.